The number of ether oxygens (including phenoxy) is 1. The molecular weight excluding hydrogens is 320 g/mol. The molecule has 126 valence electrons. The number of benzene rings is 1. The molecule has 0 fully saturated rings. The van der Waals surface area contributed by atoms with Crippen LogP contribution in [0, 0.1) is 6.92 Å². The van der Waals surface area contributed by atoms with Crippen molar-refractivity contribution in [2.75, 3.05) is 12.4 Å². The van der Waals surface area contributed by atoms with E-state index in [0.717, 1.165) is 0 Å². The van der Waals surface area contributed by atoms with Gasteiger partial charge in [0.25, 0.3) is 5.91 Å². The second kappa shape index (κ2) is 6.96. The Hall–Kier alpha value is -3.48. The first kappa shape index (κ1) is 16.4. The van der Waals surface area contributed by atoms with E-state index in [1.165, 1.54) is 13.3 Å². The van der Waals surface area contributed by atoms with Gasteiger partial charge in [0.05, 0.1) is 30.1 Å². The zero-order chi connectivity index (χ0) is 17.8. The molecule has 0 bridgehead atoms. The largest absolute Gasteiger partial charge is 0.465 e. The predicted octanol–water partition coefficient (Wildman–Crippen LogP) is 2.61. The van der Waals surface area contributed by atoms with Crippen molar-refractivity contribution < 1.29 is 14.3 Å². The molecule has 0 aliphatic carbocycles. The van der Waals surface area contributed by atoms with Gasteiger partial charge in [0.15, 0.2) is 5.82 Å². The molecule has 0 radical (unpaired) electrons. The van der Waals surface area contributed by atoms with Crippen LogP contribution in [0.5, 0.6) is 0 Å². The number of carbonyl (C=O) groups excluding carboxylic acids is 2. The van der Waals surface area contributed by atoms with Crippen molar-refractivity contribution in [2.45, 2.75) is 6.92 Å². The van der Waals surface area contributed by atoms with Crippen molar-refractivity contribution >= 4 is 17.6 Å². The molecule has 0 saturated carbocycles. The predicted molar refractivity (Wildman–Crippen MR) is 91.8 cm³/mol. The zero-order valence-corrected chi connectivity index (χ0v) is 13.8. The Bertz CT molecular complexity index is 919. The molecule has 1 aromatic carbocycles. The molecule has 0 unspecified atom stereocenters. The number of aromatic nitrogens is 3. The Kier molecular flexibility index (Phi) is 4.56. The SMILES string of the molecule is COC(=O)c1cccc(NC(=O)c2cnn(-c3ccccn3)c2C)c1. The Morgan fingerprint density at radius 2 is 2.00 bits per heavy atom. The number of carbonyl (C=O) groups is 2. The topological polar surface area (TPSA) is 86.1 Å². The smallest absolute Gasteiger partial charge is 0.337 e. The van der Waals surface area contributed by atoms with Gasteiger partial charge in [-0.2, -0.15) is 5.10 Å². The number of amides is 1. The first-order chi connectivity index (χ1) is 12.1. The maximum atomic E-state index is 12.5. The summed E-state index contributed by atoms with van der Waals surface area (Å²) < 4.78 is 6.28. The first-order valence-electron chi connectivity index (χ1n) is 7.56. The summed E-state index contributed by atoms with van der Waals surface area (Å²) in [5, 5.41) is 6.99. The molecule has 3 rings (SSSR count). The summed E-state index contributed by atoms with van der Waals surface area (Å²) in [7, 11) is 1.31. The molecule has 25 heavy (non-hydrogen) atoms. The number of hydrogen-bond donors (Lipinski definition) is 1. The Labute approximate surface area is 144 Å². The molecule has 0 spiro atoms. The second-order valence-corrected chi connectivity index (χ2v) is 5.27. The molecule has 1 amide bonds. The zero-order valence-electron chi connectivity index (χ0n) is 13.8. The van der Waals surface area contributed by atoms with Gasteiger partial charge in [-0.25, -0.2) is 14.5 Å². The van der Waals surface area contributed by atoms with Gasteiger partial charge in [-0.3, -0.25) is 4.79 Å². The fraction of sp³-hybridized carbons (Fsp3) is 0.111. The Morgan fingerprint density at radius 3 is 2.72 bits per heavy atom. The minimum atomic E-state index is -0.463. The lowest BCUT2D eigenvalue weighted by atomic mass is 10.2. The van der Waals surface area contributed by atoms with Crippen LogP contribution in [0.25, 0.3) is 5.82 Å². The van der Waals surface area contributed by atoms with Crippen molar-refractivity contribution in [3.63, 3.8) is 0 Å². The minimum Gasteiger partial charge on any atom is -0.465 e. The Morgan fingerprint density at radius 1 is 1.16 bits per heavy atom. The van der Waals surface area contributed by atoms with Crippen molar-refractivity contribution in [1.29, 1.82) is 0 Å². The van der Waals surface area contributed by atoms with Crippen LogP contribution in [-0.2, 0) is 4.74 Å². The monoisotopic (exact) mass is 336 g/mol. The number of esters is 1. The van der Waals surface area contributed by atoms with Crippen molar-refractivity contribution in [3.8, 4) is 5.82 Å². The van der Waals surface area contributed by atoms with E-state index in [-0.39, 0.29) is 5.91 Å². The molecule has 2 aromatic heterocycles. The lowest BCUT2D eigenvalue weighted by Crippen LogP contribution is -2.14. The average Bonchev–Trinajstić information content (AvgIpc) is 3.03. The van der Waals surface area contributed by atoms with E-state index in [1.807, 2.05) is 18.2 Å². The highest BCUT2D eigenvalue weighted by Crippen LogP contribution is 2.16. The van der Waals surface area contributed by atoms with Gasteiger partial charge in [0.1, 0.15) is 0 Å². The number of nitrogens with one attached hydrogen (secondary N) is 1. The van der Waals surface area contributed by atoms with Gasteiger partial charge < -0.3 is 10.1 Å². The number of rotatable bonds is 4. The standard InChI is InChI=1S/C18H16N4O3/c1-12-15(11-20-22(12)16-8-3-4-9-19-16)17(23)21-14-7-5-6-13(10-14)18(24)25-2/h3-11H,1-2H3,(H,21,23). The summed E-state index contributed by atoms with van der Waals surface area (Å²) in [4.78, 5) is 28.3. The molecule has 1 N–H and O–H groups in total. The van der Waals surface area contributed by atoms with Gasteiger partial charge >= 0.3 is 5.97 Å². The van der Waals surface area contributed by atoms with Crippen LogP contribution in [0.2, 0.25) is 0 Å². The van der Waals surface area contributed by atoms with Crippen LogP contribution in [0.3, 0.4) is 0 Å². The molecule has 3 aromatic rings. The van der Waals surface area contributed by atoms with E-state index in [9.17, 15) is 9.59 Å². The van der Waals surface area contributed by atoms with Gasteiger partial charge in [0, 0.05) is 11.9 Å². The summed E-state index contributed by atoms with van der Waals surface area (Å²) >= 11 is 0. The van der Waals surface area contributed by atoms with Crippen molar-refractivity contribution in [2.24, 2.45) is 0 Å². The van der Waals surface area contributed by atoms with E-state index in [1.54, 1.807) is 42.1 Å². The number of nitrogens with zero attached hydrogens (tertiary/aromatic N) is 3. The van der Waals surface area contributed by atoms with Gasteiger partial charge in [-0.15, -0.1) is 0 Å². The highest BCUT2D eigenvalue weighted by atomic mass is 16.5. The molecular formula is C18H16N4O3. The van der Waals surface area contributed by atoms with Crippen molar-refractivity contribution in [1.82, 2.24) is 14.8 Å². The third kappa shape index (κ3) is 3.40. The van der Waals surface area contributed by atoms with Gasteiger partial charge in [-0.05, 0) is 37.3 Å². The highest BCUT2D eigenvalue weighted by Gasteiger charge is 2.16. The number of methoxy groups -OCH3 is 1. The van der Waals surface area contributed by atoms with E-state index >= 15 is 0 Å². The van der Waals surface area contributed by atoms with Crippen LogP contribution >= 0.6 is 0 Å². The van der Waals surface area contributed by atoms with Gasteiger partial charge in [0.2, 0.25) is 0 Å². The van der Waals surface area contributed by atoms with E-state index in [0.29, 0.717) is 28.3 Å². The summed E-state index contributed by atoms with van der Waals surface area (Å²) in [5.74, 6) is -0.149. The second-order valence-electron chi connectivity index (χ2n) is 5.27. The van der Waals surface area contributed by atoms with Crippen LogP contribution in [-0.4, -0.2) is 33.8 Å². The molecule has 0 aliphatic rings. The Balaban J connectivity index is 1.83. The van der Waals surface area contributed by atoms with E-state index < -0.39 is 5.97 Å². The number of pyridine rings is 1. The summed E-state index contributed by atoms with van der Waals surface area (Å²) in [6, 6.07) is 12.0. The summed E-state index contributed by atoms with van der Waals surface area (Å²) in [6.07, 6.45) is 3.15. The maximum Gasteiger partial charge on any atom is 0.337 e. The number of hydrogen-bond acceptors (Lipinski definition) is 5. The highest BCUT2D eigenvalue weighted by molar-refractivity contribution is 6.05. The van der Waals surface area contributed by atoms with Crippen molar-refractivity contribution in [3.05, 3.63) is 71.7 Å². The summed E-state index contributed by atoms with van der Waals surface area (Å²) in [5.41, 5.74) is 1.95. The fourth-order valence-electron chi connectivity index (χ4n) is 2.38. The van der Waals surface area contributed by atoms with Crippen LogP contribution in [0.15, 0.2) is 54.9 Å². The average molecular weight is 336 g/mol. The molecule has 7 heteroatoms. The van der Waals surface area contributed by atoms with E-state index in [2.05, 4.69) is 20.1 Å². The first-order valence-corrected chi connectivity index (χ1v) is 7.56. The molecule has 2 heterocycles. The third-order valence-corrected chi connectivity index (χ3v) is 3.66. The normalized spacial score (nSPS) is 10.3. The summed E-state index contributed by atoms with van der Waals surface area (Å²) in [6.45, 7) is 1.79. The minimum absolute atomic E-state index is 0.318. The molecule has 0 aliphatic heterocycles. The lowest BCUT2D eigenvalue weighted by Gasteiger charge is -2.07. The van der Waals surface area contributed by atoms with E-state index in [4.69, 9.17) is 0 Å². The van der Waals surface area contributed by atoms with Gasteiger partial charge in [-0.1, -0.05) is 12.1 Å². The maximum absolute atomic E-state index is 12.5. The van der Waals surface area contributed by atoms with Crippen LogP contribution in [0.1, 0.15) is 26.4 Å². The van der Waals surface area contributed by atoms with Crippen LogP contribution < -0.4 is 5.32 Å². The molecule has 0 saturated heterocycles. The third-order valence-electron chi connectivity index (χ3n) is 3.66. The van der Waals surface area contributed by atoms with Crippen LogP contribution in [0.4, 0.5) is 5.69 Å². The fourth-order valence-corrected chi connectivity index (χ4v) is 2.38. The number of anilines is 1. The lowest BCUT2D eigenvalue weighted by molar-refractivity contribution is 0.0600. The quantitative estimate of drug-likeness (QED) is 0.740. The molecule has 7 nitrogen and oxygen atoms in total. The molecule has 0 atom stereocenters.